The third-order valence-electron chi connectivity index (χ3n) is 4.23. The highest BCUT2D eigenvalue weighted by Gasteiger charge is 2.16. The normalized spacial score (nSPS) is 18.3. The lowest BCUT2D eigenvalue weighted by Crippen LogP contribution is -2.22. The number of nitrogens with one attached hydrogen (secondary N) is 1. The zero-order valence-corrected chi connectivity index (χ0v) is 12.7. The van der Waals surface area contributed by atoms with Crippen LogP contribution in [0.5, 0.6) is 0 Å². The lowest BCUT2D eigenvalue weighted by Gasteiger charge is -2.21. The number of hydrogen-bond donors (Lipinski definition) is 1. The summed E-state index contributed by atoms with van der Waals surface area (Å²) in [6.07, 6.45) is 6.49. The number of ether oxygens (including phenoxy) is 1. The second-order valence-corrected chi connectivity index (χ2v) is 5.98. The fourth-order valence-corrected chi connectivity index (χ4v) is 3.08. The van der Waals surface area contributed by atoms with Gasteiger partial charge >= 0.3 is 0 Å². The van der Waals surface area contributed by atoms with Gasteiger partial charge in [-0.25, -0.2) is 9.50 Å². The van der Waals surface area contributed by atoms with Crippen molar-refractivity contribution in [3.63, 3.8) is 0 Å². The minimum absolute atomic E-state index is 0.0862. The molecule has 0 radical (unpaired) electrons. The van der Waals surface area contributed by atoms with Crippen LogP contribution in [0.2, 0.25) is 0 Å². The van der Waals surface area contributed by atoms with Gasteiger partial charge in [-0.3, -0.25) is 14.9 Å². The van der Waals surface area contributed by atoms with Crippen molar-refractivity contribution in [1.29, 1.82) is 0 Å². The highest BCUT2D eigenvalue weighted by Crippen LogP contribution is 2.19. The number of pyridine rings is 1. The molecule has 0 saturated carbocycles. The van der Waals surface area contributed by atoms with E-state index in [4.69, 9.17) is 4.74 Å². The van der Waals surface area contributed by atoms with Crippen molar-refractivity contribution in [3.05, 3.63) is 52.7 Å². The Morgan fingerprint density at radius 3 is 3.13 bits per heavy atom. The summed E-state index contributed by atoms with van der Waals surface area (Å²) in [4.78, 5) is 21.1. The summed E-state index contributed by atoms with van der Waals surface area (Å²) in [5, 5.41) is 3.09. The van der Waals surface area contributed by atoms with Crippen LogP contribution in [0.1, 0.15) is 18.5 Å². The summed E-state index contributed by atoms with van der Waals surface area (Å²) in [5.41, 5.74) is 3.16. The van der Waals surface area contributed by atoms with E-state index in [-0.39, 0.29) is 5.56 Å². The summed E-state index contributed by atoms with van der Waals surface area (Å²) in [6, 6.07) is 7.32. The largest absolute Gasteiger partial charge is 0.381 e. The van der Waals surface area contributed by atoms with Gasteiger partial charge in [0.25, 0.3) is 5.56 Å². The molecule has 0 aromatic carbocycles. The van der Waals surface area contributed by atoms with Crippen molar-refractivity contribution in [3.8, 4) is 11.3 Å². The Labute approximate surface area is 133 Å². The highest BCUT2D eigenvalue weighted by atomic mass is 16.5. The van der Waals surface area contributed by atoms with Crippen molar-refractivity contribution in [2.75, 3.05) is 13.2 Å². The maximum absolute atomic E-state index is 12.3. The van der Waals surface area contributed by atoms with Gasteiger partial charge in [-0.1, -0.05) is 0 Å². The first-order chi connectivity index (χ1) is 11.3. The molecule has 1 saturated heterocycles. The minimum atomic E-state index is -0.0862. The molecule has 0 spiro atoms. The van der Waals surface area contributed by atoms with E-state index in [2.05, 4.69) is 15.1 Å². The average molecular weight is 310 g/mol. The van der Waals surface area contributed by atoms with Crippen molar-refractivity contribution in [2.24, 2.45) is 5.92 Å². The molecular weight excluding hydrogens is 292 g/mol. The number of nitrogens with zero attached hydrogens (tertiary/aromatic N) is 3. The second-order valence-electron chi connectivity index (χ2n) is 5.98. The van der Waals surface area contributed by atoms with Gasteiger partial charge in [-0.2, -0.15) is 0 Å². The smallest absolute Gasteiger partial charge is 0.272 e. The molecule has 1 unspecified atom stereocenters. The van der Waals surface area contributed by atoms with Gasteiger partial charge in [-0.05, 0) is 37.3 Å². The van der Waals surface area contributed by atoms with Gasteiger partial charge < -0.3 is 4.74 Å². The van der Waals surface area contributed by atoms with E-state index < -0.39 is 0 Å². The molecule has 3 aromatic heterocycles. The molecule has 0 amide bonds. The van der Waals surface area contributed by atoms with E-state index in [0.29, 0.717) is 11.6 Å². The molecule has 4 heterocycles. The first kappa shape index (κ1) is 14.1. The Hall–Kier alpha value is -2.47. The molecule has 1 aliphatic heterocycles. The lowest BCUT2D eigenvalue weighted by molar-refractivity contribution is 0.0547. The van der Waals surface area contributed by atoms with Gasteiger partial charge in [0.1, 0.15) is 0 Å². The Morgan fingerprint density at radius 1 is 1.39 bits per heavy atom. The van der Waals surface area contributed by atoms with E-state index in [1.165, 1.54) is 4.52 Å². The van der Waals surface area contributed by atoms with Crippen LogP contribution in [-0.2, 0) is 11.2 Å². The monoisotopic (exact) mass is 310 g/mol. The van der Waals surface area contributed by atoms with Crippen molar-refractivity contribution < 1.29 is 4.74 Å². The number of aromatic nitrogens is 4. The van der Waals surface area contributed by atoms with Crippen LogP contribution in [0.25, 0.3) is 16.9 Å². The SMILES string of the molecule is O=c1cc(CC2CCCOC2)nc2cc(-c3cccnc3)[nH]n12. The molecule has 3 aromatic rings. The fraction of sp³-hybridized carbons (Fsp3) is 0.353. The molecular formula is C17H18N4O2. The summed E-state index contributed by atoms with van der Waals surface area (Å²) in [6.45, 7) is 1.60. The van der Waals surface area contributed by atoms with Crippen LogP contribution in [0.15, 0.2) is 41.5 Å². The Kier molecular flexibility index (Phi) is 3.67. The van der Waals surface area contributed by atoms with E-state index in [1.54, 1.807) is 18.5 Å². The quantitative estimate of drug-likeness (QED) is 0.803. The molecule has 0 aliphatic carbocycles. The molecule has 118 valence electrons. The maximum Gasteiger partial charge on any atom is 0.272 e. The molecule has 1 aliphatic rings. The van der Waals surface area contributed by atoms with Crippen molar-refractivity contribution in [1.82, 2.24) is 19.6 Å². The summed E-state index contributed by atoms with van der Waals surface area (Å²) >= 11 is 0. The van der Waals surface area contributed by atoms with Gasteiger partial charge in [0.05, 0.1) is 5.69 Å². The molecule has 1 atom stereocenters. The fourth-order valence-electron chi connectivity index (χ4n) is 3.08. The molecule has 4 rings (SSSR count). The highest BCUT2D eigenvalue weighted by molar-refractivity contribution is 5.62. The van der Waals surface area contributed by atoms with Gasteiger partial charge in [0, 0.05) is 49.0 Å². The molecule has 6 heteroatoms. The van der Waals surface area contributed by atoms with Crippen molar-refractivity contribution in [2.45, 2.75) is 19.3 Å². The predicted octanol–water partition coefficient (Wildman–Crippen LogP) is 2.05. The number of fused-ring (bicyclic) bond motifs is 1. The average Bonchev–Trinajstić information content (AvgIpc) is 3.01. The molecule has 6 nitrogen and oxygen atoms in total. The third-order valence-corrected chi connectivity index (χ3v) is 4.23. The van der Waals surface area contributed by atoms with Crippen LogP contribution in [-0.4, -0.2) is 32.8 Å². The molecule has 0 bridgehead atoms. The molecule has 23 heavy (non-hydrogen) atoms. The Balaban J connectivity index is 1.68. The first-order valence-electron chi connectivity index (χ1n) is 7.89. The van der Waals surface area contributed by atoms with Crippen molar-refractivity contribution >= 4 is 5.65 Å². The number of hydrogen-bond acceptors (Lipinski definition) is 4. The van der Waals surface area contributed by atoms with E-state index in [9.17, 15) is 4.79 Å². The zero-order chi connectivity index (χ0) is 15.6. The van der Waals surface area contributed by atoms with Crippen LogP contribution in [0.4, 0.5) is 0 Å². The van der Waals surface area contributed by atoms with Crippen LogP contribution in [0.3, 0.4) is 0 Å². The van der Waals surface area contributed by atoms with E-state index in [0.717, 1.165) is 49.4 Å². The number of H-pyrrole nitrogens is 1. The minimum Gasteiger partial charge on any atom is -0.381 e. The lowest BCUT2D eigenvalue weighted by atomic mass is 9.97. The van der Waals surface area contributed by atoms with E-state index >= 15 is 0 Å². The van der Waals surface area contributed by atoms with Gasteiger partial charge in [0.2, 0.25) is 0 Å². The predicted molar refractivity (Wildman–Crippen MR) is 86.3 cm³/mol. The number of aromatic amines is 1. The Bertz CT molecular complexity index is 863. The molecule has 1 fully saturated rings. The second kappa shape index (κ2) is 5.96. The molecule has 1 N–H and O–H groups in total. The van der Waals surface area contributed by atoms with Gasteiger partial charge in [-0.15, -0.1) is 0 Å². The summed E-state index contributed by atoms with van der Waals surface area (Å²) in [7, 11) is 0. The van der Waals surface area contributed by atoms with E-state index in [1.807, 2.05) is 18.2 Å². The standard InChI is InChI=1S/C17H18N4O2/c22-17-8-14(7-12-3-2-6-23-11-12)19-16-9-15(20-21(16)17)13-4-1-5-18-10-13/h1,4-5,8-10,12,20H,2-3,6-7,11H2. The van der Waals surface area contributed by atoms with Crippen LogP contribution < -0.4 is 5.56 Å². The summed E-state index contributed by atoms with van der Waals surface area (Å²) in [5.74, 6) is 0.454. The third kappa shape index (κ3) is 2.90. The van der Waals surface area contributed by atoms with Crippen LogP contribution in [0, 0.1) is 5.92 Å². The topological polar surface area (TPSA) is 72.3 Å². The maximum atomic E-state index is 12.3. The number of rotatable bonds is 3. The summed E-state index contributed by atoms with van der Waals surface area (Å²) < 4.78 is 6.99. The Morgan fingerprint density at radius 2 is 2.35 bits per heavy atom. The first-order valence-corrected chi connectivity index (χ1v) is 7.89. The van der Waals surface area contributed by atoms with Gasteiger partial charge in [0.15, 0.2) is 5.65 Å². The van der Waals surface area contributed by atoms with Crippen LogP contribution >= 0.6 is 0 Å². The zero-order valence-electron chi connectivity index (χ0n) is 12.7.